The molecule has 1 unspecified atom stereocenters. The Hall–Kier alpha value is -0.540. The van der Waals surface area contributed by atoms with Crippen LogP contribution in [0.2, 0.25) is 0 Å². The minimum atomic E-state index is -0.414. The Morgan fingerprint density at radius 1 is 1.47 bits per heavy atom. The lowest BCUT2D eigenvalue weighted by molar-refractivity contribution is 0.202. The summed E-state index contributed by atoms with van der Waals surface area (Å²) in [5.74, 6) is 0.718. The second-order valence-electron chi connectivity index (χ2n) is 4.67. The molecular weight excluding hydrogens is 206 g/mol. The fourth-order valence-electron chi connectivity index (χ4n) is 1.24. The fraction of sp³-hybridized carbons (Fsp3) is 0.583. The van der Waals surface area contributed by atoms with Gasteiger partial charge in [-0.25, -0.2) is 0 Å². The van der Waals surface area contributed by atoms with Gasteiger partial charge in [0.15, 0.2) is 0 Å². The van der Waals surface area contributed by atoms with Crippen molar-refractivity contribution in [3.63, 3.8) is 0 Å². The summed E-state index contributed by atoms with van der Waals surface area (Å²) < 4.78 is 0.192. The van der Waals surface area contributed by atoms with Crippen LogP contribution in [0.3, 0.4) is 0 Å². The van der Waals surface area contributed by atoms with Crippen molar-refractivity contribution in [2.75, 3.05) is 5.75 Å². The Morgan fingerprint density at radius 3 is 2.67 bits per heavy atom. The minimum Gasteiger partial charge on any atom is -0.387 e. The van der Waals surface area contributed by atoms with Crippen LogP contribution in [-0.4, -0.2) is 20.6 Å². The Kier molecular flexibility index (Phi) is 4.17. The van der Waals surface area contributed by atoms with Crippen molar-refractivity contribution in [1.82, 2.24) is 4.98 Å². The summed E-state index contributed by atoms with van der Waals surface area (Å²) in [6.45, 7) is 8.46. The molecule has 1 aromatic heterocycles. The molecule has 1 atom stereocenters. The number of aliphatic hydroxyl groups excluding tert-OH is 1. The van der Waals surface area contributed by atoms with E-state index in [1.54, 1.807) is 24.2 Å². The van der Waals surface area contributed by atoms with Gasteiger partial charge in [0.2, 0.25) is 0 Å². The van der Waals surface area contributed by atoms with Gasteiger partial charge in [0, 0.05) is 28.5 Å². The summed E-state index contributed by atoms with van der Waals surface area (Å²) in [5, 5.41) is 10.0. The highest BCUT2D eigenvalue weighted by molar-refractivity contribution is 8.00. The highest BCUT2D eigenvalue weighted by Crippen LogP contribution is 2.28. The zero-order valence-electron chi connectivity index (χ0n) is 9.82. The van der Waals surface area contributed by atoms with E-state index in [1.165, 1.54) is 0 Å². The molecule has 0 bridgehead atoms. The van der Waals surface area contributed by atoms with Crippen molar-refractivity contribution in [2.45, 2.75) is 38.5 Å². The van der Waals surface area contributed by atoms with Crippen molar-refractivity contribution < 1.29 is 5.11 Å². The second-order valence-corrected chi connectivity index (χ2v) is 6.52. The van der Waals surface area contributed by atoms with Gasteiger partial charge in [-0.1, -0.05) is 20.8 Å². The maximum absolute atomic E-state index is 10.0. The van der Waals surface area contributed by atoms with E-state index in [9.17, 15) is 5.11 Å². The molecule has 0 fully saturated rings. The molecule has 0 aliphatic rings. The average Bonchev–Trinajstić information content (AvgIpc) is 2.14. The Labute approximate surface area is 96.1 Å². The molecule has 2 nitrogen and oxygen atoms in total. The maximum Gasteiger partial charge on any atom is 0.0898 e. The van der Waals surface area contributed by atoms with Crippen LogP contribution in [0.25, 0.3) is 0 Å². The van der Waals surface area contributed by atoms with E-state index in [4.69, 9.17) is 0 Å². The SMILES string of the molecule is Cc1ccncc1C(O)CSC(C)(C)C. The molecule has 1 N–H and O–H groups in total. The van der Waals surface area contributed by atoms with Gasteiger partial charge < -0.3 is 5.11 Å². The van der Waals surface area contributed by atoms with Crippen molar-refractivity contribution >= 4 is 11.8 Å². The molecule has 1 aromatic rings. The van der Waals surface area contributed by atoms with Gasteiger partial charge in [-0.3, -0.25) is 4.98 Å². The molecular formula is C12H19NOS. The van der Waals surface area contributed by atoms with E-state index in [1.807, 2.05) is 13.0 Å². The Bertz CT molecular complexity index is 320. The summed E-state index contributed by atoms with van der Waals surface area (Å²) in [6, 6.07) is 1.93. The number of aromatic nitrogens is 1. The number of pyridine rings is 1. The van der Waals surface area contributed by atoms with Gasteiger partial charge in [0.05, 0.1) is 6.10 Å². The van der Waals surface area contributed by atoms with Gasteiger partial charge >= 0.3 is 0 Å². The lowest BCUT2D eigenvalue weighted by atomic mass is 10.1. The summed E-state index contributed by atoms with van der Waals surface area (Å²) in [4.78, 5) is 4.04. The molecule has 0 spiro atoms. The third-order valence-corrected chi connectivity index (χ3v) is 3.46. The van der Waals surface area contributed by atoms with Crippen molar-refractivity contribution in [3.8, 4) is 0 Å². The normalized spacial score (nSPS) is 13.9. The maximum atomic E-state index is 10.0. The second kappa shape index (κ2) is 4.99. The summed E-state index contributed by atoms with van der Waals surface area (Å²) >= 11 is 1.77. The Morgan fingerprint density at radius 2 is 2.13 bits per heavy atom. The third kappa shape index (κ3) is 4.22. The quantitative estimate of drug-likeness (QED) is 0.858. The molecule has 0 aliphatic heterocycles. The topological polar surface area (TPSA) is 33.1 Å². The first-order chi connectivity index (χ1) is 6.90. The van der Waals surface area contributed by atoms with Crippen LogP contribution in [0.4, 0.5) is 0 Å². The third-order valence-electron chi connectivity index (χ3n) is 2.11. The van der Waals surface area contributed by atoms with Crippen LogP contribution >= 0.6 is 11.8 Å². The van der Waals surface area contributed by atoms with Gasteiger partial charge in [-0.2, -0.15) is 11.8 Å². The average molecular weight is 225 g/mol. The predicted octanol–water partition coefficient (Wildman–Crippen LogP) is 2.96. The molecule has 1 rings (SSSR count). The summed E-state index contributed by atoms with van der Waals surface area (Å²) in [5.41, 5.74) is 2.04. The van der Waals surface area contributed by atoms with Crippen molar-refractivity contribution in [2.24, 2.45) is 0 Å². The molecule has 0 radical (unpaired) electrons. The van der Waals surface area contributed by atoms with Crippen molar-refractivity contribution in [1.29, 1.82) is 0 Å². The number of nitrogens with zero attached hydrogens (tertiary/aromatic N) is 1. The smallest absolute Gasteiger partial charge is 0.0898 e. The number of aryl methyl sites for hydroxylation is 1. The van der Waals surface area contributed by atoms with E-state index in [-0.39, 0.29) is 4.75 Å². The molecule has 0 amide bonds. The number of thioether (sulfide) groups is 1. The first-order valence-electron chi connectivity index (χ1n) is 5.13. The highest BCUT2D eigenvalue weighted by atomic mass is 32.2. The zero-order valence-corrected chi connectivity index (χ0v) is 10.6. The minimum absolute atomic E-state index is 0.192. The van der Waals surface area contributed by atoms with E-state index >= 15 is 0 Å². The number of rotatable bonds is 3. The number of hydrogen-bond acceptors (Lipinski definition) is 3. The van der Waals surface area contributed by atoms with E-state index in [0.717, 1.165) is 16.9 Å². The van der Waals surface area contributed by atoms with Crippen LogP contribution in [0.5, 0.6) is 0 Å². The largest absolute Gasteiger partial charge is 0.387 e. The van der Waals surface area contributed by atoms with Gasteiger partial charge in [-0.05, 0) is 18.6 Å². The van der Waals surface area contributed by atoms with E-state index in [0.29, 0.717) is 0 Å². The molecule has 0 aliphatic carbocycles. The fourth-order valence-corrected chi connectivity index (χ4v) is 2.08. The summed E-state index contributed by atoms with van der Waals surface area (Å²) in [7, 11) is 0. The van der Waals surface area contributed by atoms with E-state index < -0.39 is 6.10 Å². The molecule has 1 heterocycles. The van der Waals surface area contributed by atoms with E-state index in [2.05, 4.69) is 25.8 Å². The number of hydrogen-bond donors (Lipinski definition) is 1. The molecule has 15 heavy (non-hydrogen) atoms. The molecule has 0 saturated carbocycles. The number of aliphatic hydroxyl groups is 1. The molecule has 3 heteroatoms. The lowest BCUT2D eigenvalue weighted by Gasteiger charge is -2.20. The summed E-state index contributed by atoms with van der Waals surface area (Å²) in [6.07, 6.45) is 3.09. The predicted molar refractivity (Wildman–Crippen MR) is 66.1 cm³/mol. The first kappa shape index (κ1) is 12.5. The van der Waals surface area contributed by atoms with Crippen LogP contribution in [0.15, 0.2) is 18.5 Å². The van der Waals surface area contributed by atoms with Crippen LogP contribution in [0, 0.1) is 6.92 Å². The first-order valence-corrected chi connectivity index (χ1v) is 6.11. The molecule has 84 valence electrons. The standard InChI is InChI=1S/C12H19NOS/c1-9-5-6-13-7-10(9)11(14)8-15-12(2,3)4/h5-7,11,14H,8H2,1-4H3. The monoisotopic (exact) mass is 225 g/mol. The molecule has 0 aromatic carbocycles. The Balaban J connectivity index is 2.62. The van der Waals surface area contributed by atoms with Crippen LogP contribution in [-0.2, 0) is 0 Å². The van der Waals surface area contributed by atoms with Crippen LogP contribution < -0.4 is 0 Å². The lowest BCUT2D eigenvalue weighted by Crippen LogP contribution is -2.12. The highest BCUT2D eigenvalue weighted by Gasteiger charge is 2.16. The molecule has 0 saturated heterocycles. The van der Waals surface area contributed by atoms with Crippen molar-refractivity contribution in [3.05, 3.63) is 29.6 Å². The zero-order chi connectivity index (χ0) is 11.5. The van der Waals surface area contributed by atoms with Gasteiger partial charge in [-0.15, -0.1) is 0 Å². The van der Waals surface area contributed by atoms with Gasteiger partial charge in [0.25, 0.3) is 0 Å². The van der Waals surface area contributed by atoms with Gasteiger partial charge in [0.1, 0.15) is 0 Å². The van der Waals surface area contributed by atoms with Crippen LogP contribution in [0.1, 0.15) is 38.0 Å².